The molecule has 0 saturated carbocycles. The van der Waals surface area contributed by atoms with Gasteiger partial charge in [-0.2, -0.15) is 13.2 Å². The lowest BCUT2D eigenvalue weighted by Gasteiger charge is -2.13. The SMILES string of the molecule is CC(C)OC(=O)CN1C(=O)S/C(=C/c2cccc(Oc3ccc(C(F)(F)F)cc3[N+](=O)[O-])c2)C1=O. The zero-order valence-corrected chi connectivity index (χ0v) is 19.0. The van der Waals surface area contributed by atoms with Crippen LogP contribution in [-0.4, -0.2) is 39.6 Å². The van der Waals surface area contributed by atoms with Crippen LogP contribution >= 0.6 is 11.8 Å². The summed E-state index contributed by atoms with van der Waals surface area (Å²) < 4.78 is 49.1. The molecule has 184 valence electrons. The molecule has 1 aliphatic rings. The number of imide groups is 1. The predicted octanol–water partition coefficient (Wildman–Crippen LogP) is 5.39. The number of carbonyl (C=O) groups is 3. The van der Waals surface area contributed by atoms with E-state index in [1.807, 2.05) is 0 Å². The first-order chi connectivity index (χ1) is 16.3. The number of nitro groups is 1. The number of rotatable bonds is 7. The van der Waals surface area contributed by atoms with E-state index in [1.54, 1.807) is 19.9 Å². The molecule has 13 heteroatoms. The Hall–Kier alpha value is -3.87. The zero-order valence-electron chi connectivity index (χ0n) is 18.2. The zero-order chi connectivity index (χ0) is 25.9. The number of ether oxygens (including phenoxy) is 2. The molecule has 0 radical (unpaired) electrons. The van der Waals surface area contributed by atoms with Crippen LogP contribution in [0.5, 0.6) is 11.5 Å². The van der Waals surface area contributed by atoms with Gasteiger partial charge >= 0.3 is 17.8 Å². The maximum atomic E-state index is 12.9. The number of amides is 2. The van der Waals surface area contributed by atoms with E-state index >= 15 is 0 Å². The minimum Gasteiger partial charge on any atom is -0.462 e. The molecule has 1 aliphatic heterocycles. The molecule has 0 aliphatic carbocycles. The molecule has 0 spiro atoms. The van der Waals surface area contributed by atoms with E-state index < -0.39 is 57.9 Å². The normalized spacial score (nSPS) is 15.1. The molecule has 0 aromatic heterocycles. The third kappa shape index (κ3) is 6.38. The van der Waals surface area contributed by atoms with Crippen LogP contribution in [0.25, 0.3) is 6.08 Å². The molecule has 35 heavy (non-hydrogen) atoms. The molecular weight excluding hydrogens is 493 g/mol. The highest BCUT2D eigenvalue weighted by Gasteiger charge is 2.37. The van der Waals surface area contributed by atoms with Crippen molar-refractivity contribution in [3.63, 3.8) is 0 Å². The first-order valence-corrected chi connectivity index (χ1v) is 10.7. The third-order valence-electron chi connectivity index (χ3n) is 4.39. The van der Waals surface area contributed by atoms with Gasteiger partial charge in [0.05, 0.1) is 21.5 Å². The fourth-order valence-electron chi connectivity index (χ4n) is 2.93. The maximum absolute atomic E-state index is 12.9. The molecule has 1 saturated heterocycles. The van der Waals surface area contributed by atoms with Crippen LogP contribution in [0.15, 0.2) is 47.4 Å². The van der Waals surface area contributed by atoms with Gasteiger partial charge in [0.1, 0.15) is 12.3 Å². The molecule has 0 N–H and O–H groups in total. The minimum absolute atomic E-state index is 0.0185. The molecule has 9 nitrogen and oxygen atoms in total. The van der Waals surface area contributed by atoms with E-state index in [4.69, 9.17) is 9.47 Å². The number of nitrogens with zero attached hydrogens (tertiary/aromatic N) is 2. The molecule has 0 atom stereocenters. The van der Waals surface area contributed by atoms with Gasteiger partial charge in [-0.15, -0.1) is 0 Å². The summed E-state index contributed by atoms with van der Waals surface area (Å²) in [6.07, 6.45) is -3.83. The largest absolute Gasteiger partial charge is 0.462 e. The highest BCUT2D eigenvalue weighted by molar-refractivity contribution is 8.18. The van der Waals surface area contributed by atoms with E-state index in [2.05, 4.69) is 0 Å². The molecule has 2 aromatic rings. The molecule has 2 amide bonds. The van der Waals surface area contributed by atoms with Crippen molar-refractivity contribution in [3.05, 3.63) is 68.6 Å². The van der Waals surface area contributed by atoms with Crippen molar-refractivity contribution in [2.45, 2.75) is 26.1 Å². The summed E-state index contributed by atoms with van der Waals surface area (Å²) in [7, 11) is 0. The van der Waals surface area contributed by atoms with Crippen LogP contribution in [0.2, 0.25) is 0 Å². The number of halogens is 3. The maximum Gasteiger partial charge on any atom is 0.416 e. The molecule has 2 aromatic carbocycles. The second-order valence-electron chi connectivity index (χ2n) is 7.42. The average molecular weight is 510 g/mol. The molecule has 1 heterocycles. The summed E-state index contributed by atoms with van der Waals surface area (Å²) in [6.45, 7) is 2.71. The Bertz CT molecular complexity index is 1230. The number of alkyl halides is 3. The van der Waals surface area contributed by atoms with E-state index in [0.717, 1.165) is 11.0 Å². The minimum atomic E-state index is -4.77. The highest BCUT2D eigenvalue weighted by Crippen LogP contribution is 2.38. The highest BCUT2D eigenvalue weighted by atomic mass is 32.2. The first kappa shape index (κ1) is 25.7. The number of nitro benzene ring substituents is 1. The average Bonchev–Trinajstić information content (AvgIpc) is 3.00. The van der Waals surface area contributed by atoms with Crippen LogP contribution < -0.4 is 4.74 Å². The monoisotopic (exact) mass is 510 g/mol. The number of hydrogen-bond acceptors (Lipinski definition) is 8. The van der Waals surface area contributed by atoms with E-state index in [1.165, 1.54) is 24.3 Å². The van der Waals surface area contributed by atoms with Crippen molar-refractivity contribution in [3.8, 4) is 11.5 Å². The fourth-order valence-corrected chi connectivity index (χ4v) is 3.77. The quantitative estimate of drug-likeness (QED) is 0.211. The van der Waals surface area contributed by atoms with Gasteiger partial charge in [-0.25, -0.2) is 0 Å². The molecule has 3 rings (SSSR count). The van der Waals surface area contributed by atoms with Crippen molar-refractivity contribution in [1.82, 2.24) is 4.90 Å². The van der Waals surface area contributed by atoms with Gasteiger partial charge in [-0.1, -0.05) is 12.1 Å². The predicted molar refractivity (Wildman–Crippen MR) is 119 cm³/mol. The molecule has 1 fully saturated rings. The topological polar surface area (TPSA) is 116 Å². The summed E-state index contributed by atoms with van der Waals surface area (Å²) in [5.41, 5.74) is -1.70. The van der Waals surface area contributed by atoms with Gasteiger partial charge in [0.15, 0.2) is 0 Å². The van der Waals surface area contributed by atoms with E-state index in [-0.39, 0.29) is 10.7 Å². The summed E-state index contributed by atoms with van der Waals surface area (Å²) in [5, 5.41) is 10.6. The van der Waals surface area contributed by atoms with Gasteiger partial charge in [0.2, 0.25) is 5.75 Å². The van der Waals surface area contributed by atoms with E-state index in [9.17, 15) is 37.7 Å². The van der Waals surface area contributed by atoms with Gasteiger partial charge in [0, 0.05) is 6.07 Å². The van der Waals surface area contributed by atoms with Crippen molar-refractivity contribution in [2.75, 3.05) is 6.54 Å². The standard InChI is InChI=1S/C22H17F3N2O7S/c1-12(2)33-19(28)11-26-20(29)18(35-21(26)30)9-13-4-3-5-15(8-13)34-17-7-6-14(22(23,24)25)10-16(17)27(31)32/h3-10,12H,11H2,1-2H3/b18-9+. The summed E-state index contributed by atoms with van der Waals surface area (Å²) in [5.74, 6) is -1.81. The molecule has 0 unspecified atom stereocenters. The molecular formula is C22H17F3N2O7S. The van der Waals surface area contributed by atoms with Gasteiger partial charge in [-0.05, 0) is 61.5 Å². The lowest BCUT2D eigenvalue weighted by molar-refractivity contribution is -0.385. The van der Waals surface area contributed by atoms with Crippen molar-refractivity contribution < 1.29 is 42.0 Å². The molecule has 0 bridgehead atoms. The van der Waals surface area contributed by atoms with Crippen molar-refractivity contribution in [2.24, 2.45) is 0 Å². The number of carbonyl (C=O) groups excluding carboxylic acids is 3. The van der Waals surface area contributed by atoms with Gasteiger partial charge in [-0.3, -0.25) is 29.4 Å². The smallest absolute Gasteiger partial charge is 0.416 e. The van der Waals surface area contributed by atoms with Crippen LogP contribution in [0, 0.1) is 10.1 Å². The Morgan fingerprint density at radius 3 is 2.54 bits per heavy atom. The lowest BCUT2D eigenvalue weighted by Crippen LogP contribution is -2.35. The lowest BCUT2D eigenvalue weighted by atomic mass is 10.1. The Kier molecular flexibility index (Phi) is 7.48. The van der Waals surface area contributed by atoms with Crippen LogP contribution in [0.4, 0.5) is 23.7 Å². The van der Waals surface area contributed by atoms with Crippen molar-refractivity contribution >= 4 is 40.6 Å². The number of hydrogen-bond donors (Lipinski definition) is 0. The Morgan fingerprint density at radius 1 is 1.20 bits per heavy atom. The Balaban J connectivity index is 1.81. The summed E-state index contributed by atoms with van der Waals surface area (Å²) in [6, 6.07) is 7.70. The number of thioether (sulfide) groups is 1. The van der Waals surface area contributed by atoms with Crippen LogP contribution in [0.1, 0.15) is 25.0 Å². The Labute approximate surface area is 200 Å². The second kappa shape index (κ2) is 10.2. The number of esters is 1. The first-order valence-electron chi connectivity index (χ1n) is 9.93. The Morgan fingerprint density at radius 2 is 1.91 bits per heavy atom. The van der Waals surface area contributed by atoms with E-state index in [0.29, 0.717) is 29.5 Å². The fraction of sp³-hybridized carbons (Fsp3) is 0.227. The van der Waals surface area contributed by atoms with Gasteiger partial charge < -0.3 is 9.47 Å². The van der Waals surface area contributed by atoms with Crippen LogP contribution in [0.3, 0.4) is 0 Å². The van der Waals surface area contributed by atoms with Gasteiger partial charge in [0.25, 0.3) is 11.1 Å². The summed E-state index contributed by atoms with van der Waals surface area (Å²) in [4.78, 5) is 47.6. The summed E-state index contributed by atoms with van der Waals surface area (Å²) >= 11 is 0.612. The van der Waals surface area contributed by atoms with Crippen molar-refractivity contribution in [1.29, 1.82) is 0 Å². The number of benzene rings is 2. The third-order valence-corrected chi connectivity index (χ3v) is 5.30. The second-order valence-corrected chi connectivity index (χ2v) is 8.41. The van der Waals surface area contributed by atoms with Crippen LogP contribution in [-0.2, 0) is 20.5 Å².